The second-order valence-electron chi connectivity index (χ2n) is 6.61. The van der Waals surface area contributed by atoms with Gasteiger partial charge >= 0.3 is 0 Å². The van der Waals surface area contributed by atoms with Crippen molar-refractivity contribution >= 4 is 17.5 Å². The predicted octanol–water partition coefficient (Wildman–Crippen LogP) is 2.19. The number of amides is 2. The van der Waals surface area contributed by atoms with Crippen LogP contribution in [0.1, 0.15) is 12.0 Å². The van der Waals surface area contributed by atoms with Gasteiger partial charge in [-0.05, 0) is 30.3 Å². The topological polar surface area (TPSA) is 61.9 Å². The molecule has 1 aliphatic rings. The molecule has 1 N–H and O–H groups in total. The van der Waals surface area contributed by atoms with E-state index in [1.807, 2.05) is 24.3 Å². The zero-order valence-electron chi connectivity index (χ0n) is 15.9. The Morgan fingerprint density at radius 3 is 2.36 bits per heavy atom. The van der Waals surface area contributed by atoms with Crippen LogP contribution < -0.4 is 15.0 Å². The Kier molecular flexibility index (Phi) is 6.47. The third kappa shape index (κ3) is 5.00. The monoisotopic (exact) mass is 385 g/mol. The van der Waals surface area contributed by atoms with Crippen LogP contribution in [0.15, 0.2) is 48.5 Å². The van der Waals surface area contributed by atoms with Crippen LogP contribution in [0.25, 0.3) is 0 Å². The lowest BCUT2D eigenvalue weighted by Crippen LogP contribution is -2.49. The summed E-state index contributed by atoms with van der Waals surface area (Å²) in [5.41, 5.74) is 1.48. The minimum atomic E-state index is -0.397. The molecule has 0 unspecified atom stereocenters. The zero-order chi connectivity index (χ0) is 19.9. The van der Waals surface area contributed by atoms with Gasteiger partial charge in [0.1, 0.15) is 18.0 Å². The molecular weight excluding hydrogens is 361 g/mol. The second kappa shape index (κ2) is 9.21. The molecule has 0 spiro atoms. The van der Waals surface area contributed by atoms with Crippen LogP contribution in [-0.2, 0) is 16.1 Å². The van der Waals surface area contributed by atoms with Gasteiger partial charge < -0.3 is 19.9 Å². The van der Waals surface area contributed by atoms with Gasteiger partial charge in [-0.25, -0.2) is 4.39 Å². The third-order valence-electron chi connectivity index (χ3n) is 4.82. The van der Waals surface area contributed by atoms with Gasteiger partial charge in [0.2, 0.25) is 11.8 Å². The van der Waals surface area contributed by atoms with Gasteiger partial charge in [-0.2, -0.15) is 0 Å². The summed E-state index contributed by atoms with van der Waals surface area (Å²) in [6, 6.07) is 14.1. The number of benzene rings is 2. The largest absolute Gasteiger partial charge is 0.497 e. The summed E-state index contributed by atoms with van der Waals surface area (Å²) in [7, 11) is 1.63. The van der Waals surface area contributed by atoms with E-state index in [0.29, 0.717) is 31.7 Å². The average Bonchev–Trinajstić information content (AvgIpc) is 2.73. The summed E-state index contributed by atoms with van der Waals surface area (Å²) in [4.78, 5) is 28.3. The summed E-state index contributed by atoms with van der Waals surface area (Å²) in [6.07, 6.45) is -0.225. The summed E-state index contributed by atoms with van der Waals surface area (Å²) < 4.78 is 18.7. The van der Waals surface area contributed by atoms with Crippen molar-refractivity contribution in [2.75, 3.05) is 38.2 Å². The number of carbonyl (C=O) groups is 2. The first-order valence-electron chi connectivity index (χ1n) is 9.23. The number of ether oxygens (including phenoxy) is 1. The molecule has 148 valence electrons. The molecule has 0 aliphatic carbocycles. The number of anilines is 1. The number of carbonyl (C=O) groups excluding carboxylic acids is 2. The highest BCUT2D eigenvalue weighted by Crippen LogP contribution is 2.20. The molecule has 1 fully saturated rings. The predicted molar refractivity (Wildman–Crippen MR) is 105 cm³/mol. The normalized spacial score (nSPS) is 13.9. The van der Waals surface area contributed by atoms with Gasteiger partial charge in [-0.3, -0.25) is 9.59 Å². The van der Waals surface area contributed by atoms with E-state index in [4.69, 9.17) is 4.74 Å². The molecule has 6 nitrogen and oxygen atoms in total. The highest BCUT2D eigenvalue weighted by molar-refractivity contribution is 5.96. The van der Waals surface area contributed by atoms with Crippen molar-refractivity contribution in [2.45, 2.75) is 13.0 Å². The van der Waals surface area contributed by atoms with E-state index >= 15 is 0 Å². The molecule has 0 bridgehead atoms. The Labute approximate surface area is 163 Å². The Morgan fingerprint density at radius 2 is 1.71 bits per heavy atom. The molecule has 28 heavy (non-hydrogen) atoms. The molecule has 0 aromatic heterocycles. The van der Waals surface area contributed by atoms with Crippen LogP contribution in [0.3, 0.4) is 0 Å². The summed E-state index contributed by atoms with van der Waals surface area (Å²) >= 11 is 0. The van der Waals surface area contributed by atoms with Crippen molar-refractivity contribution < 1.29 is 18.7 Å². The number of nitrogens with zero attached hydrogens (tertiary/aromatic N) is 2. The lowest BCUT2D eigenvalue weighted by Gasteiger charge is -2.36. The van der Waals surface area contributed by atoms with Crippen molar-refractivity contribution in [3.05, 3.63) is 59.9 Å². The first kappa shape index (κ1) is 19.7. The van der Waals surface area contributed by atoms with Crippen LogP contribution in [-0.4, -0.2) is 50.0 Å². The van der Waals surface area contributed by atoms with Gasteiger partial charge in [0, 0.05) is 44.0 Å². The third-order valence-corrected chi connectivity index (χ3v) is 4.82. The maximum Gasteiger partial charge on any atom is 0.232 e. The zero-order valence-corrected chi connectivity index (χ0v) is 15.9. The Bertz CT molecular complexity index is 818. The maximum atomic E-state index is 13.6. The number of hydrogen-bond acceptors (Lipinski definition) is 4. The highest BCUT2D eigenvalue weighted by Gasteiger charge is 2.23. The molecule has 1 heterocycles. The molecule has 0 saturated carbocycles. The van der Waals surface area contributed by atoms with E-state index in [0.717, 1.165) is 11.4 Å². The van der Waals surface area contributed by atoms with E-state index in [1.54, 1.807) is 30.2 Å². The minimum absolute atomic E-state index is 0.0734. The smallest absolute Gasteiger partial charge is 0.232 e. The number of methoxy groups -OCH3 is 1. The summed E-state index contributed by atoms with van der Waals surface area (Å²) in [5, 5.41) is 2.61. The fourth-order valence-corrected chi connectivity index (χ4v) is 3.15. The standard InChI is InChI=1S/C21H24FN3O3/c1-28-18-8-6-17(7-9-18)24-10-12-25(13-11-24)21(27)14-20(26)23-15-16-4-2-3-5-19(16)22/h2-9H,10-15H2,1H3,(H,23,26). The van der Waals surface area contributed by atoms with E-state index in [-0.39, 0.29) is 24.7 Å². The van der Waals surface area contributed by atoms with Gasteiger partial charge in [0.25, 0.3) is 0 Å². The molecule has 2 aromatic carbocycles. The molecule has 0 radical (unpaired) electrons. The van der Waals surface area contributed by atoms with Crippen LogP contribution in [0.5, 0.6) is 5.75 Å². The van der Waals surface area contributed by atoms with E-state index in [9.17, 15) is 14.0 Å². The fourth-order valence-electron chi connectivity index (χ4n) is 3.15. The van der Waals surface area contributed by atoms with Crippen molar-refractivity contribution in [1.29, 1.82) is 0 Å². The van der Waals surface area contributed by atoms with Gasteiger partial charge in [0.15, 0.2) is 0 Å². The molecular formula is C21H24FN3O3. The molecule has 1 saturated heterocycles. The number of nitrogens with one attached hydrogen (secondary N) is 1. The molecule has 2 aromatic rings. The Balaban J connectivity index is 1.44. The number of halogens is 1. The summed E-state index contributed by atoms with van der Waals surface area (Å²) in [6.45, 7) is 2.60. The van der Waals surface area contributed by atoms with Crippen LogP contribution >= 0.6 is 0 Å². The summed E-state index contributed by atoms with van der Waals surface area (Å²) in [5.74, 6) is -0.172. The Morgan fingerprint density at radius 1 is 1.04 bits per heavy atom. The van der Waals surface area contributed by atoms with Gasteiger partial charge in [-0.15, -0.1) is 0 Å². The van der Waals surface area contributed by atoms with Crippen molar-refractivity contribution in [2.24, 2.45) is 0 Å². The lowest BCUT2D eigenvalue weighted by atomic mass is 10.2. The fraction of sp³-hybridized carbons (Fsp3) is 0.333. The highest BCUT2D eigenvalue weighted by atomic mass is 19.1. The Hall–Kier alpha value is -3.09. The van der Waals surface area contributed by atoms with Crippen LogP contribution in [0, 0.1) is 5.82 Å². The SMILES string of the molecule is COc1ccc(N2CCN(C(=O)CC(=O)NCc3ccccc3F)CC2)cc1. The number of piperazine rings is 1. The quantitative estimate of drug-likeness (QED) is 0.775. The average molecular weight is 385 g/mol. The van der Waals surface area contributed by atoms with Crippen molar-refractivity contribution in [3.8, 4) is 5.75 Å². The first-order chi connectivity index (χ1) is 13.6. The van der Waals surface area contributed by atoms with Crippen LogP contribution in [0.4, 0.5) is 10.1 Å². The molecule has 2 amide bonds. The van der Waals surface area contributed by atoms with Crippen molar-refractivity contribution in [3.63, 3.8) is 0 Å². The van der Waals surface area contributed by atoms with Crippen LogP contribution in [0.2, 0.25) is 0 Å². The molecule has 7 heteroatoms. The first-order valence-corrected chi connectivity index (χ1v) is 9.23. The number of rotatable bonds is 6. The second-order valence-corrected chi connectivity index (χ2v) is 6.61. The van der Waals surface area contributed by atoms with E-state index < -0.39 is 5.91 Å². The van der Waals surface area contributed by atoms with Gasteiger partial charge in [0.05, 0.1) is 7.11 Å². The number of hydrogen-bond donors (Lipinski definition) is 1. The maximum absolute atomic E-state index is 13.6. The van der Waals surface area contributed by atoms with Gasteiger partial charge in [-0.1, -0.05) is 18.2 Å². The minimum Gasteiger partial charge on any atom is -0.497 e. The molecule has 3 rings (SSSR count). The van der Waals surface area contributed by atoms with Crippen molar-refractivity contribution in [1.82, 2.24) is 10.2 Å². The molecule has 0 atom stereocenters. The molecule has 1 aliphatic heterocycles. The lowest BCUT2D eigenvalue weighted by molar-refractivity contribution is -0.136. The van der Waals surface area contributed by atoms with E-state index in [1.165, 1.54) is 6.07 Å². The van der Waals surface area contributed by atoms with E-state index in [2.05, 4.69) is 10.2 Å².